The zero-order valence-electron chi connectivity index (χ0n) is 8.61. The molecule has 1 aromatic rings. The summed E-state index contributed by atoms with van der Waals surface area (Å²) < 4.78 is 5.12. The van der Waals surface area contributed by atoms with Gasteiger partial charge in [-0.1, -0.05) is 11.6 Å². The van der Waals surface area contributed by atoms with Crippen LogP contribution < -0.4 is 11.1 Å². The third kappa shape index (κ3) is 2.52. The summed E-state index contributed by atoms with van der Waals surface area (Å²) >= 11 is 5.87. The summed E-state index contributed by atoms with van der Waals surface area (Å²) in [7, 11) is 0. The van der Waals surface area contributed by atoms with Gasteiger partial charge in [0.15, 0.2) is 5.82 Å². The van der Waals surface area contributed by atoms with Gasteiger partial charge in [0.2, 0.25) is 5.95 Å². The Morgan fingerprint density at radius 1 is 1.69 bits per heavy atom. The minimum atomic E-state index is -0.858. The van der Waals surface area contributed by atoms with Crippen LogP contribution >= 0.6 is 11.6 Å². The van der Waals surface area contributed by atoms with Crippen molar-refractivity contribution in [2.24, 2.45) is 0 Å². The third-order valence-electron chi connectivity index (χ3n) is 2.43. The number of anilines is 2. The summed E-state index contributed by atoms with van der Waals surface area (Å²) in [6, 6.07) is 0. The van der Waals surface area contributed by atoms with Crippen molar-refractivity contribution in [2.45, 2.75) is 12.0 Å². The molecule has 0 amide bonds. The second-order valence-corrected chi connectivity index (χ2v) is 4.21. The van der Waals surface area contributed by atoms with E-state index in [2.05, 4.69) is 15.3 Å². The second-order valence-electron chi connectivity index (χ2n) is 3.81. The van der Waals surface area contributed by atoms with Crippen molar-refractivity contribution in [1.82, 2.24) is 9.97 Å². The number of nitrogens with one attached hydrogen (secondary N) is 1. The Labute approximate surface area is 97.8 Å². The van der Waals surface area contributed by atoms with Crippen LogP contribution in [0.25, 0.3) is 0 Å². The lowest BCUT2D eigenvalue weighted by Gasteiger charge is -2.21. The van der Waals surface area contributed by atoms with Crippen molar-refractivity contribution in [3.05, 3.63) is 11.2 Å². The van der Waals surface area contributed by atoms with Gasteiger partial charge in [0, 0.05) is 19.6 Å². The predicted molar refractivity (Wildman–Crippen MR) is 60.3 cm³/mol. The molecule has 0 saturated carbocycles. The van der Waals surface area contributed by atoms with Gasteiger partial charge in [-0.25, -0.2) is 4.98 Å². The Bertz CT molecular complexity index is 382. The number of nitrogen functional groups attached to an aromatic ring is 1. The number of halogens is 1. The molecular formula is C9H13ClN4O2. The highest BCUT2D eigenvalue weighted by atomic mass is 35.5. The van der Waals surface area contributed by atoms with Crippen molar-refractivity contribution in [2.75, 3.05) is 30.8 Å². The van der Waals surface area contributed by atoms with Crippen molar-refractivity contribution in [3.63, 3.8) is 0 Å². The number of rotatable bonds is 3. The normalized spacial score (nSPS) is 24.6. The first-order chi connectivity index (χ1) is 7.59. The van der Waals surface area contributed by atoms with Crippen LogP contribution in [0.1, 0.15) is 6.42 Å². The van der Waals surface area contributed by atoms with Gasteiger partial charge in [0.05, 0.1) is 12.8 Å². The molecule has 2 rings (SSSR count). The lowest BCUT2D eigenvalue weighted by Crippen LogP contribution is -2.37. The molecule has 1 atom stereocenters. The molecule has 1 saturated heterocycles. The molecule has 0 spiro atoms. The molecule has 0 bridgehead atoms. The lowest BCUT2D eigenvalue weighted by atomic mass is 10.0. The minimum Gasteiger partial charge on any atom is -0.386 e. The first-order valence-electron chi connectivity index (χ1n) is 4.91. The van der Waals surface area contributed by atoms with Gasteiger partial charge in [-0.15, -0.1) is 0 Å². The van der Waals surface area contributed by atoms with Gasteiger partial charge in [-0.3, -0.25) is 0 Å². The van der Waals surface area contributed by atoms with E-state index >= 15 is 0 Å². The quantitative estimate of drug-likeness (QED) is 0.707. The van der Waals surface area contributed by atoms with E-state index in [1.54, 1.807) is 0 Å². The van der Waals surface area contributed by atoms with Gasteiger partial charge in [0.1, 0.15) is 10.6 Å². The highest BCUT2D eigenvalue weighted by Gasteiger charge is 2.32. The molecule has 4 N–H and O–H groups in total. The number of aliphatic hydroxyl groups is 1. The zero-order chi connectivity index (χ0) is 11.6. The van der Waals surface area contributed by atoms with Crippen LogP contribution in [0.15, 0.2) is 6.20 Å². The number of aromatic nitrogens is 2. The number of hydrogen-bond donors (Lipinski definition) is 3. The summed E-state index contributed by atoms with van der Waals surface area (Å²) in [5.74, 6) is 0.566. The maximum Gasteiger partial charge on any atom is 0.222 e. The average Bonchev–Trinajstić information content (AvgIpc) is 2.67. The Hall–Kier alpha value is -1.11. The van der Waals surface area contributed by atoms with Crippen LogP contribution in [0, 0.1) is 0 Å². The topological polar surface area (TPSA) is 93.3 Å². The monoisotopic (exact) mass is 244 g/mol. The number of ether oxygens (including phenoxy) is 1. The van der Waals surface area contributed by atoms with Crippen LogP contribution in [0.4, 0.5) is 11.8 Å². The molecule has 88 valence electrons. The fourth-order valence-corrected chi connectivity index (χ4v) is 1.65. The largest absolute Gasteiger partial charge is 0.386 e. The van der Waals surface area contributed by atoms with Crippen LogP contribution in [0.2, 0.25) is 5.02 Å². The maximum atomic E-state index is 10.0. The highest BCUT2D eigenvalue weighted by molar-refractivity contribution is 6.32. The van der Waals surface area contributed by atoms with E-state index in [0.717, 1.165) is 0 Å². The second kappa shape index (κ2) is 4.40. The van der Waals surface area contributed by atoms with Gasteiger partial charge >= 0.3 is 0 Å². The standard InChI is InChI=1S/C9H13ClN4O2/c10-6-3-12-8(11)14-7(6)13-4-9(15)1-2-16-5-9/h3,15H,1-2,4-5H2,(H3,11,12,13,14). The van der Waals surface area contributed by atoms with E-state index in [0.29, 0.717) is 37.0 Å². The maximum absolute atomic E-state index is 10.0. The van der Waals surface area contributed by atoms with Gasteiger partial charge in [-0.05, 0) is 0 Å². The van der Waals surface area contributed by atoms with Crippen LogP contribution in [0.3, 0.4) is 0 Å². The smallest absolute Gasteiger partial charge is 0.222 e. The molecule has 1 aromatic heterocycles. The molecule has 0 radical (unpaired) electrons. The Kier molecular flexibility index (Phi) is 3.13. The summed E-state index contributed by atoms with van der Waals surface area (Å²) in [5.41, 5.74) is 4.58. The molecule has 16 heavy (non-hydrogen) atoms. The molecule has 1 unspecified atom stereocenters. The summed E-state index contributed by atoms with van der Waals surface area (Å²) in [4.78, 5) is 7.68. The number of nitrogens with two attached hydrogens (primary N) is 1. The van der Waals surface area contributed by atoms with Crippen molar-refractivity contribution in [1.29, 1.82) is 0 Å². The van der Waals surface area contributed by atoms with Crippen molar-refractivity contribution < 1.29 is 9.84 Å². The SMILES string of the molecule is Nc1ncc(Cl)c(NCC2(O)CCOC2)n1. The fourth-order valence-electron chi connectivity index (χ4n) is 1.49. The van der Waals surface area contributed by atoms with E-state index < -0.39 is 5.60 Å². The van der Waals surface area contributed by atoms with Gasteiger partial charge < -0.3 is 20.9 Å². The minimum absolute atomic E-state index is 0.140. The van der Waals surface area contributed by atoms with Crippen LogP contribution in [0.5, 0.6) is 0 Å². The zero-order valence-corrected chi connectivity index (χ0v) is 9.37. The molecule has 1 aliphatic rings. The molecule has 2 heterocycles. The third-order valence-corrected chi connectivity index (χ3v) is 2.71. The summed E-state index contributed by atoms with van der Waals surface area (Å²) in [6.45, 7) is 1.21. The van der Waals surface area contributed by atoms with E-state index in [4.69, 9.17) is 22.1 Å². The van der Waals surface area contributed by atoms with E-state index in [1.165, 1.54) is 6.20 Å². The predicted octanol–water partition coefficient (Wildman–Crippen LogP) is 0.275. The molecule has 6 nitrogen and oxygen atoms in total. The Balaban J connectivity index is 2.01. The summed E-state index contributed by atoms with van der Waals surface area (Å²) in [5, 5.41) is 13.3. The van der Waals surface area contributed by atoms with Crippen molar-refractivity contribution in [3.8, 4) is 0 Å². The van der Waals surface area contributed by atoms with Crippen LogP contribution in [-0.4, -0.2) is 40.4 Å². The Morgan fingerprint density at radius 3 is 3.19 bits per heavy atom. The van der Waals surface area contributed by atoms with E-state index in [1.807, 2.05) is 0 Å². The highest BCUT2D eigenvalue weighted by Crippen LogP contribution is 2.22. The first-order valence-corrected chi connectivity index (χ1v) is 5.29. The first kappa shape index (κ1) is 11.4. The molecule has 0 aromatic carbocycles. The fraction of sp³-hybridized carbons (Fsp3) is 0.556. The summed E-state index contributed by atoms with van der Waals surface area (Å²) in [6.07, 6.45) is 2.01. The van der Waals surface area contributed by atoms with E-state index in [-0.39, 0.29) is 5.95 Å². The average molecular weight is 245 g/mol. The lowest BCUT2D eigenvalue weighted by molar-refractivity contribution is 0.0381. The van der Waals surface area contributed by atoms with Crippen molar-refractivity contribution >= 4 is 23.4 Å². The molecule has 1 aliphatic heterocycles. The molecule has 0 aliphatic carbocycles. The van der Waals surface area contributed by atoms with Gasteiger partial charge in [-0.2, -0.15) is 4.98 Å². The molecular weight excluding hydrogens is 232 g/mol. The number of hydrogen-bond acceptors (Lipinski definition) is 6. The number of nitrogens with zero attached hydrogens (tertiary/aromatic N) is 2. The molecule has 7 heteroatoms. The van der Waals surface area contributed by atoms with Crippen LogP contribution in [-0.2, 0) is 4.74 Å². The van der Waals surface area contributed by atoms with Gasteiger partial charge in [0.25, 0.3) is 0 Å². The molecule has 1 fully saturated rings. The van der Waals surface area contributed by atoms with E-state index in [9.17, 15) is 5.11 Å². The Morgan fingerprint density at radius 2 is 2.50 bits per heavy atom.